The maximum Gasteiger partial charge on any atom is 0.0618 e. The monoisotopic (exact) mass is 185 g/mol. The van der Waals surface area contributed by atoms with Crippen LogP contribution in [0.1, 0.15) is 33.1 Å². The molecule has 2 nitrogen and oxygen atoms in total. The van der Waals surface area contributed by atoms with Gasteiger partial charge in [-0.15, -0.1) is 0 Å². The molecule has 78 valence electrons. The minimum atomic E-state index is 0.531. The molecule has 0 heterocycles. The zero-order valence-electron chi connectivity index (χ0n) is 9.18. The van der Waals surface area contributed by atoms with Gasteiger partial charge in [-0.3, -0.25) is 0 Å². The summed E-state index contributed by atoms with van der Waals surface area (Å²) in [4.78, 5) is 0. The normalized spacial score (nSPS) is 19.4. The zero-order chi connectivity index (χ0) is 9.68. The molecule has 1 fully saturated rings. The lowest BCUT2D eigenvalue weighted by Crippen LogP contribution is -2.38. The van der Waals surface area contributed by atoms with E-state index in [9.17, 15) is 0 Å². The topological polar surface area (TPSA) is 21.3 Å². The van der Waals surface area contributed by atoms with Crippen LogP contribution in [0.5, 0.6) is 0 Å². The summed E-state index contributed by atoms with van der Waals surface area (Å²) in [5, 5.41) is 3.57. The third-order valence-electron chi connectivity index (χ3n) is 2.81. The largest absolute Gasteiger partial charge is 0.383 e. The van der Waals surface area contributed by atoms with Crippen molar-refractivity contribution in [2.45, 2.75) is 39.2 Å². The average Bonchev–Trinajstić information content (AvgIpc) is 2.86. The number of nitrogens with one attached hydrogen (secondary N) is 1. The van der Waals surface area contributed by atoms with E-state index >= 15 is 0 Å². The van der Waals surface area contributed by atoms with Crippen LogP contribution >= 0.6 is 0 Å². The second-order valence-corrected chi connectivity index (χ2v) is 4.49. The molecular weight excluding hydrogens is 162 g/mol. The Balaban J connectivity index is 2.05. The van der Waals surface area contributed by atoms with Crippen molar-refractivity contribution in [2.24, 2.45) is 11.8 Å². The van der Waals surface area contributed by atoms with Gasteiger partial charge in [0.25, 0.3) is 0 Å². The fraction of sp³-hybridized carbons (Fsp3) is 1.00. The molecule has 1 unspecified atom stereocenters. The highest BCUT2D eigenvalue weighted by Crippen LogP contribution is 2.31. The number of rotatable bonds is 7. The third-order valence-corrected chi connectivity index (χ3v) is 2.81. The van der Waals surface area contributed by atoms with Crippen molar-refractivity contribution in [3.8, 4) is 0 Å². The van der Waals surface area contributed by atoms with Gasteiger partial charge in [0.15, 0.2) is 0 Å². The van der Waals surface area contributed by atoms with Gasteiger partial charge in [-0.05, 0) is 24.8 Å². The minimum absolute atomic E-state index is 0.531. The number of ether oxygens (including phenoxy) is 1. The molecule has 0 spiro atoms. The molecule has 0 aromatic carbocycles. The number of hydrogen-bond donors (Lipinski definition) is 1. The van der Waals surface area contributed by atoms with Crippen LogP contribution < -0.4 is 5.32 Å². The summed E-state index contributed by atoms with van der Waals surface area (Å²) in [5.74, 6) is 1.70. The van der Waals surface area contributed by atoms with Crippen LogP contribution in [0, 0.1) is 11.8 Å². The summed E-state index contributed by atoms with van der Waals surface area (Å²) >= 11 is 0. The van der Waals surface area contributed by atoms with Crippen LogP contribution in [0.15, 0.2) is 0 Å². The summed E-state index contributed by atoms with van der Waals surface area (Å²) in [7, 11) is 1.78. The molecule has 1 saturated carbocycles. The first-order valence-corrected chi connectivity index (χ1v) is 5.46. The predicted octanol–water partition coefficient (Wildman–Crippen LogP) is 2.05. The molecule has 0 aromatic heterocycles. The lowest BCUT2D eigenvalue weighted by Gasteiger charge is -2.21. The molecule has 0 bridgehead atoms. The van der Waals surface area contributed by atoms with Gasteiger partial charge in [-0.2, -0.15) is 0 Å². The van der Waals surface area contributed by atoms with Gasteiger partial charge in [-0.1, -0.05) is 26.7 Å². The van der Waals surface area contributed by atoms with Gasteiger partial charge < -0.3 is 10.1 Å². The lowest BCUT2D eigenvalue weighted by atomic mass is 10.1. The van der Waals surface area contributed by atoms with Gasteiger partial charge in [-0.25, -0.2) is 0 Å². The van der Waals surface area contributed by atoms with E-state index in [-0.39, 0.29) is 0 Å². The van der Waals surface area contributed by atoms with Crippen LogP contribution in [-0.2, 0) is 4.74 Å². The van der Waals surface area contributed by atoms with Crippen LogP contribution in [0.4, 0.5) is 0 Å². The molecule has 0 aromatic rings. The van der Waals surface area contributed by atoms with Crippen LogP contribution in [-0.4, -0.2) is 26.3 Å². The van der Waals surface area contributed by atoms with Gasteiger partial charge >= 0.3 is 0 Å². The molecule has 1 aliphatic rings. The highest BCUT2D eigenvalue weighted by Gasteiger charge is 2.21. The maximum atomic E-state index is 5.18. The number of methoxy groups -OCH3 is 1. The molecule has 0 saturated heterocycles. The van der Waals surface area contributed by atoms with E-state index in [0.29, 0.717) is 12.0 Å². The highest BCUT2D eigenvalue weighted by molar-refractivity contribution is 4.76. The van der Waals surface area contributed by atoms with Gasteiger partial charge in [0.05, 0.1) is 6.61 Å². The Labute approximate surface area is 82.0 Å². The Hall–Kier alpha value is -0.0800. The molecule has 2 heteroatoms. The summed E-state index contributed by atoms with van der Waals surface area (Å²) in [6.07, 6.45) is 4.27. The van der Waals surface area contributed by atoms with E-state index < -0.39 is 0 Å². The molecule has 1 aliphatic carbocycles. The SMILES string of the molecule is COCC(NCCC1CC1)C(C)C. The van der Waals surface area contributed by atoms with Crippen molar-refractivity contribution >= 4 is 0 Å². The van der Waals surface area contributed by atoms with E-state index in [0.717, 1.165) is 19.1 Å². The smallest absolute Gasteiger partial charge is 0.0618 e. The highest BCUT2D eigenvalue weighted by atomic mass is 16.5. The van der Waals surface area contributed by atoms with Gasteiger partial charge in [0, 0.05) is 13.2 Å². The van der Waals surface area contributed by atoms with E-state index in [4.69, 9.17) is 4.74 Å². The van der Waals surface area contributed by atoms with Gasteiger partial charge in [0.2, 0.25) is 0 Å². The third kappa shape index (κ3) is 4.63. The Morgan fingerprint density at radius 1 is 1.38 bits per heavy atom. The number of hydrogen-bond acceptors (Lipinski definition) is 2. The first-order chi connectivity index (χ1) is 6.24. The van der Waals surface area contributed by atoms with Crippen molar-refractivity contribution in [2.75, 3.05) is 20.3 Å². The quantitative estimate of drug-likeness (QED) is 0.655. The van der Waals surface area contributed by atoms with E-state index in [1.807, 2.05) is 0 Å². The molecule has 1 N–H and O–H groups in total. The van der Waals surface area contributed by atoms with Crippen molar-refractivity contribution in [3.05, 3.63) is 0 Å². The summed E-state index contributed by atoms with van der Waals surface area (Å²) in [5.41, 5.74) is 0. The molecule has 0 radical (unpaired) electrons. The van der Waals surface area contributed by atoms with E-state index in [1.54, 1.807) is 7.11 Å². The fourth-order valence-electron chi connectivity index (χ4n) is 1.55. The molecule has 13 heavy (non-hydrogen) atoms. The lowest BCUT2D eigenvalue weighted by molar-refractivity contribution is 0.147. The Bertz CT molecular complexity index is 132. The minimum Gasteiger partial charge on any atom is -0.383 e. The van der Waals surface area contributed by atoms with Crippen molar-refractivity contribution in [3.63, 3.8) is 0 Å². The Morgan fingerprint density at radius 3 is 2.54 bits per heavy atom. The van der Waals surface area contributed by atoms with E-state index in [1.165, 1.54) is 19.3 Å². The first kappa shape index (κ1) is 11.0. The summed E-state index contributed by atoms with van der Waals surface area (Å²) in [6.45, 7) is 6.49. The van der Waals surface area contributed by atoms with E-state index in [2.05, 4.69) is 19.2 Å². The van der Waals surface area contributed by atoms with Crippen LogP contribution in [0.2, 0.25) is 0 Å². The summed E-state index contributed by atoms with van der Waals surface area (Å²) in [6, 6.07) is 0.531. The first-order valence-electron chi connectivity index (χ1n) is 5.46. The second-order valence-electron chi connectivity index (χ2n) is 4.49. The average molecular weight is 185 g/mol. The molecule has 0 amide bonds. The Kier molecular flexibility index (Phi) is 4.74. The molecule has 0 aliphatic heterocycles. The van der Waals surface area contributed by atoms with Crippen LogP contribution in [0.25, 0.3) is 0 Å². The van der Waals surface area contributed by atoms with Crippen molar-refractivity contribution < 1.29 is 4.74 Å². The molecular formula is C11H23NO. The van der Waals surface area contributed by atoms with Crippen molar-refractivity contribution in [1.82, 2.24) is 5.32 Å². The predicted molar refractivity (Wildman–Crippen MR) is 55.8 cm³/mol. The summed E-state index contributed by atoms with van der Waals surface area (Å²) < 4.78 is 5.18. The molecule has 1 atom stereocenters. The second kappa shape index (κ2) is 5.61. The van der Waals surface area contributed by atoms with Crippen molar-refractivity contribution in [1.29, 1.82) is 0 Å². The Morgan fingerprint density at radius 2 is 2.08 bits per heavy atom. The maximum absolute atomic E-state index is 5.18. The standard InChI is InChI=1S/C11H23NO/c1-9(2)11(8-13-3)12-7-6-10-4-5-10/h9-12H,4-8H2,1-3H3. The van der Waals surface area contributed by atoms with Gasteiger partial charge in [0.1, 0.15) is 0 Å². The molecule has 1 rings (SSSR count). The zero-order valence-corrected chi connectivity index (χ0v) is 9.18. The van der Waals surface area contributed by atoms with Crippen LogP contribution in [0.3, 0.4) is 0 Å². The fourth-order valence-corrected chi connectivity index (χ4v) is 1.55.